The van der Waals surface area contributed by atoms with Crippen LogP contribution in [0, 0.1) is 13.8 Å². The molecule has 0 bridgehead atoms. The Bertz CT molecular complexity index is 1430. The highest BCUT2D eigenvalue weighted by Crippen LogP contribution is 2.36. The van der Waals surface area contributed by atoms with E-state index >= 15 is 0 Å². The zero-order valence-corrected chi connectivity index (χ0v) is 20.6. The summed E-state index contributed by atoms with van der Waals surface area (Å²) >= 11 is 1.68. The van der Waals surface area contributed by atoms with E-state index in [9.17, 15) is 9.59 Å². The molecule has 2 heterocycles. The van der Waals surface area contributed by atoms with Crippen molar-refractivity contribution in [3.05, 3.63) is 92.8 Å². The van der Waals surface area contributed by atoms with Crippen LogP contribution in [0.25, 0.3) is 22.6 Å². The molecule has 2 aromatic heterocycles. The summed E-state index contributed by atoms with van der Waals surface area (Å²) in [6.45, 7) is 3.52. The fourth-order valence-corrected chi connectivity index (χ4v) is 5.33. The first-order valence-electron chi connectivity index (χ1n) is 11.7. The number of allylic oxidation sites excluding steroid dienone is 1. The first kappa shape index (κ1) is 23.0. The predicted molar refractivity (Wildman–Crippen MR) is 142 cm³/mol. The predicted octanol–water partition coefficient (Wildman–Crippen LogP) is 6.59. The molecule has 0 aliphatic heterocycles. The Balaban J connectivity index is 1.46. The van der Waals surface area contributed by atoms with Gasteiger partial charge in [0.2, 0.25) is 0 Å². The van der Waals surface area contributed by atoms with Crippen LogP contribution in [0.3, 0.4) is 0 Å². The smallest absolute Gasteiger partial charge is 0.339 e. The number of pyridine rings is 1. The minimum atomic E-state index is -0.492. The average Bonchev–Trinajstić information content (AvgIpc) is 3.37. The molecule has 5 nitrogen and oxygen atoms in total. The standard InChI is InChI=1S/C29H26N2O3S/c1-18-8-5-9-19(2)27(18)31-25(32)17-34-29(33)26-22-12-3-4-14-24(22)30-28-20(10-6-13-23(26)28)16-21-11-7-15-35-21/h3-5,7-9,11-12,14-16H,6,10,13,17H2,1-2H3,(H,31,32)/b20-16-. The molecule has 1 amide bonds. The quantitative estimate of drug-likeness (QED) is 0.326. The van der Waals surface area contributed by atoms with E-state index in [1.54, 1.807) is 11.3 Å². The van der Waals surface area contributed by atoms with Crippen molar-refractivity contribution in [3.8, 4) is 0 Å². The Kier molecular flexibility index (Phi) is 6.47. The van der Waals surface area contributed by atoms with E-state index in [0.29, 0.717) is 5.56 Å². The van der Waals surface area contributed by atoms with Gasteiger partial charge in [0, 0.05) is 16.0 Å². The average molecular weight is 483 g/mol. The van der Waals surface area contributed by atoms with Crippen LogP contribution in [0.5, 0.6) is 0 Å². The number of amides is 1. The Morgan fingerprint density at radius 2 is 1.83 bits per heavy atom. The first-order chi connectivity index (χ1) is 17.0. The molecule has 5 rings (SSSR count). The van der Waals surface area contributed by atoms with Crippen LogP contribution in [0.15, 0.2) is 60.0 Å². The first-order valence-corrected chi connectivity index (χ1v) is 12.6. The summed E-state index contributed by atoms with van der Waals surface area (Å²) in [4.78, 5) is 32.1. The fraction of sp³-hybridized carbons (Fsp3) is 0.207. The Labute approximate surface area is 208 Å². The number of thiophene rings is 1. The lowest BCUT2D eigenvalue weighted by atomic mass is 9.86. The molecule has 35 heavy (non-hydrogen) atoms. The van der Waals surface area contributed by atoms with Crippen molar-refractivity contribution in [2.75, 3.05) is 11.9 Å². The number of esters is 1. The summed E-state index contributed by atoms with van der Waals surface area (Å²) in [6, 6.07) is 17.5. The van der Waals surface area contributed by atoms with Gasteiger partial charge in [-0.15, -0.1) is 11.3 Å². The highest BCUT2D eigenvalue weighted by molar-refractivity contribution is 7.10. The number of benzene rings is 2. The number of carbonyl (C=O) groups excluding carboxylic acids is 2. The lowest BCUT2D eigenvalue weighted by Crippen LogP contribution is -2.23. The number of hydrogen-bond donors (Lipinski definition) is 1. The third kappa shape index (κ3) is 4.75. The number of nitrogens with one attached hydrogen (secondary N) is 1. The van der Waals surface area contributed by atoms with Crippen molar-refractivity contribution in [2.45, 2.75) is 33.1 Å². The normalized spacial score (nSPS) is 14.1. The van der Waals surface area contributed by atoms with E-state index in [0.717, 1.165) is 68.7 Å². The summed E-state index contributed by atoms with van der Waals surface area (Å²) in [7, 11) is 0. The van der Waals surface area contributed by atoms with Crippen LogP contribution in [0.1, 0.15) is 50.5 Å². The SMILES string of the molecule is Cc1cccc(C)c1NC(=O)COC(=O)c1c2c(nc3ccccc13)/C(=C\c1cccs1)CCC2. The van der Waals surface area contributed by atoms with Gasteiger partial charge in [-0.2, -0.15) is 0 Å². The van der Waals surface area contributed by atoms with E-state index in [-0.39, 0.29) is 12.5 Å². The van der Waals surface area contributed by atoms with Gasteiger partial charge in [0.05, 0.1) is 16.8 Å². The second-order valence-corrected chi connectivity index (χ2v) is 9.74. The van der Waals surface area contributed by atoms with E-state index in [4.69, 9.17) is 9.72 Å². The Morgan fingerprint density at radius 3 is 2.60 bits per heavy atom. The number of para-hydroxylation sites is 2. The topological polar surface area (TPSA) is 68.3 Å². The molecule has 1 N–H and O–H groups in total. The second-order valence-electron chi connectivity index (χ2n) is 8.76. The molecular weight excluding hydrogens is 456 g/mol. The molecule has 0 unspecified atom stereocenters. The molecule has 1 aliphatic carbocycles. The molecule has 0 atom stereocenters. The van der Waals surface area contributed by atoms with Gasteiger partial charge in [-0.3, -0.25) is 4.79 Å². The van der Waals surface area contributed by atoms with Crippen LogP contribution in [-0.4, -0.2) is 23.5 Å². The van der Waals surface area contributed by atoms with Crippen molar-refractivity contribution < 1.29 is 14.3 Å². The number of hydrogen-bond acceptors (Lipinski definition) is 5. The Morgan fingerprint density at radius 1 is 1.03 bits per heavy atom. The highest BCUT2D eigenvalue weighted by atomic mass is 32.1. The van der Waals surface area contributed by atoms with Gasteiger partial charge in [-0.25, -0.2) is 9.78 Å². The molecule has 2 aromatic carbocycles. The lowest BCUT2D eigenvalue weighted by molar-refractivity contribution is -0.119. The number of rotatable bonds is 5. The zero-order valence-electron chi connectivity index (χ0n) is 19.8. The van der Waals surface area contributed by atoms with E-state index in [1.165, 1.54) is 0 Å². The zero-order chi connectivity index (χ0) is 24.4. The molecule has 1 aliphatic rings. The van der Waals surface area contributed by atoms with Crippen molar-refractivity contribution >= 4 is 51.5 Å². The Hall–Kier alpha value is -3.77. The largest absolute Gasteiger partial charge is 0.452 e. The number of ether oxygens (including phenoxy) is 1. The molecule has 0 radical (unpaired) electrons. The van der Waals surface area contributed by atoms with Gasteiger partial charge in [0.25, 0.3) is 5.91 Å². The summed E-state index contributed by atoms with van der Waals surface area (Å²) in [5.74, 6) is -0.852. The third-order valence-electron chi connectivity index (χ3n) is 6.31. The maximum atomic E-state index is 13.4. The highest BCUT2D eigenvalue weighted by Gasteiger charge is 2.26. The van der Waals surface area contributed by atoms with Gasteiger partial charge in [0.15, 0.2) is 6.61 Å². The van der Waals surface area contributed by atoms with Crippen molar-refractivity contribution in [1.82, 2.24) is 4.98 Å². The fourth-order valence-electron chi connectivity index (χ4n) is 4.64. The summed E-state index contributed by atoms with van der Waals surface area (Å²) < 4.78 is 5.56. The molecule has 0 saturated heterocycles. The molecule has 0 spiro atoms. The van der Waals surface area contributed by atoms with Crippen molar-refractivity contribution in [1.29, 1.82) is 0 Å². The van der Waals surface area contributed by atoms with E-state index in [1.807, 2.05) is 62.4 Å². The monoisotopic (exact) mass is 482 g/mol. The maximum Gasteiger partial charge on any atom is 0.339 e. The van der Waals surface area contributed by atoms with Crippen molar-refractivity contribution in [2.24, 2.45) is 0 Å². The summed E-state index contributed by atoms with van der Waals surface area (Å²) in [5.41, 5.74) is 6.82. The minimum Gasteiger partial charge on any atom is -0.452 e. The summed E-state index contributed by atoms with van der Waals surface area (Å²) in [6.07, 6.45) is 4.74. The number of nitrogens with zero attached hydrogens (tertiary/aromatic N) is 1. The second kappa shape index (κ2) is 9.84. The lowest BCUT2D eigenvalue weighted by Gasteiger charge is -2.22. The van der Waals surface area contributed by atoms with Crippen LogP contribution in [-0.2, 0) is 16.0 Å². The molecule has 0 fully saturated rings. The molecule has 0 saturated carbocycles. The molecule has 4 aromatic rings. The number of anilines is 1. The third-order valence-corrected chi connectivity index (χ3v) is 7.13. The number of aromatic nitrogens is 1. The minimum absolute atomic E-state index is 0.351. The van der Waals surface area contributed by atoms with Crippen molar-refractivity contribution in [3.63, 3.8) is 0 Å². The van der Waals surface area contributed by atoms with Crippen LogP contribution >= 0.6 is 11.3 Å². The number of carbonyl (C=O) groups is 2. The van der Waals surface area contributed by atoms with E-state index < -0.39 is 5.97 Å². The molecule has 176 valence electrons. The van der Waals surface area contributed by atoms with Gasteiger partial charge in [0.1, 0.15) is 0 Å². The van der Waals surface area contributed by atoms with Gasteiger partial charge in [-0.05, 0) is 79.0 Å². The van der Waals surface area contributed by atoms with E-state index in [2.05, 4.69) is 22.8 Å². The van der Waals surface area contributed by atoms with Crippen LogP contribution in [0.2, 0.25) is 0 Å². The van der Waals surface area contributed by atoms with Crippen LogP contribution in [0.4, 0.5) is 5.69 Å². The number of fused-ring (bicyclic) bond motifs is 2. The summed E-state index contributed by atoms with van der Waals surface area (Å²) in [5, 5.41) is 5.69. The van der Waals surface area contributed by atoms with Crippen LogP contribution < -0.4 is 5.32 Å². The van der Waals surface area contributed by atoms with Gasteiger partial charge in [-0.1, -0.05) is 42.5 Å². The maximum absolute atomic E-state index is 13.4. The van der Waals surface area contributed by atoms with Gasteiger partial charge < -0.3 is 10.1 Å². The number of aryl methyl sites for hydroxylation is 2. The molecule has 6 heteroatoms. The van der Waals surface area contributed by atoms with Gasteiger partial charge >= 0.3 is 5.97 Å². The molecular formula is C29H26N2O3S.